The van der Waals surface area contributed by atoms with Gasteiger partial charge in [-0.15, -0.1) is 12.5 Å². The molecule has 5 heteroatoms. The molecule has 0 N–H and O–H groups in total. The van der Waals surface area contributed by atoms with Crippen molar-refractivity contribution >= 4 is 8.32 Å². The van der Waals surface area contributed by atoms with Gasteiger partial charge in [0.25, 0.3) is 0 Å². The van der Waals surface area contributed by atoms with Gasteiger partial charge in [-0.25, -0.2) is 0 Å². The van der Waals surface area contributed by atoms with Crippen LogP contribution >= 0.6 is 0 Å². The molecule has 2 unspecified atom stereocenters. The molecule has 4 nitrogen and oxygen atoms in total. The van der Waals surface area contributed by atoms with E-state index in [1.165, 1.54) is 25.7 Å². The normalized spacial score (nSPS) is 18.0. The maximum absolute atomic E-state index is 6.91. The van der Waals surface area contributed by atoms with E-state index in [9.17, 15) is 0 Å². The van der Waals surface area contributed by atoms with E-state index in [0.29, 0.717) is 6.42 Å². The number of rotatable bonds is 14. The van der Waals surface area contributed by atoms with E-state index >= 15 is 0 Å². The van der Waals surface area contributed by atoms with Crippen LogP contribution < -0.4 is 4.74 Å². The molecule has 0 radical (unpaired) electrons. The molecule has 1 aromatic carbocycles. The summed E-state index contributed by atoms with van der Waals surface area (Å²) in [6, 6.07) is 6.17. The standard InChI is InChI=1S/C32H52O4Si/c1-9-11-12-19-26(35-31-24-15-16-25-34-31)20-13-14-22-30(36-37(7,8)32(3,4)5)28-21-17-23-29(33-6)27(28)18-10-2/h10,17,21,23,26,30-31H,2,9,11-13,15-16,18-20,24-25H2,1,3-8H3/t26-,30?,31?/m0/s1. The van der Waals surface area contributed by atoms with Crippen molar-refractivity contribution in [3.63, 3.8) is 0 Å². The molecule has 0 spiro atoms. The number of methoxy groups -OCH3 is 1. The molecular formula is C32H52O4Si. The molecule has 0 amide bonds. The monoisotopic (exact) mass is 528 g/mol. The van der Waals surface area contributed by atoms with E-state index in [1.54, 1.807) is 7.11 Å². The molecule has 2 rings (SSSR count). The zero-order valence-electron chi connectivity index (χ0n) is 24.7. The molecular weight excluding hydrogens is 476 g/mol. The Morgan fingerprint density at radius 2 is 1.97 bits per heavy atom. The van der Waals surface area contributed by atoms with Crippen LogP contribution in [0.5, 0.6) is 5.75 Å². The lowest BCUT2D eigenvalue weighted by molar-refractivity contribution is -0.190. The van der Waals surface area contributed by atoms with Crippen molar-refractivity contribution in [1.82, 2.24) is 0 Å². The van der Waals surface area contributed by atoms with Crippen molar-refractivity contribution < 1.29 is 18.6 Å². The summed E-state index contributed by atoms with van der Waals surface area (Å²) in [5.74, 6) is 7.87. The van der Waals surface area contributed by atoms with Gasteiger partial charge in [-0.2, -0.15) is 0 Å². The first-order valence-electron chi connectivity index (χ1n) is 14.3. The van der Waals surface area contributed by atoms with Crippen LogP contribution in [0.25, 0.3) is 0 Å². The van der Waals surface area contributed by atoms with Crippen LogP contribution in [0.1, 0.15) is 103 Å². The van der Waals surface area contributed by atoms with Crippen molar-refractivity contribution in [2.75, 3.05) is 13.7 Å². The van der Waals surface area contributed by atoms with Crippen LogP contribution in [-0.2, 0) is 20.3 Å². The maximum Gasteiger partial charge on any atom is 0.194 e. The fraction of sp³-hybridized carbons (Fsp3) is 0.688. The lowest BCUT2D eigenvalue weighted by Crippen LogP contribution is -2.41. The molecule has 0 saturated carbocycles. The van der Waals surface area contributed by atoms with Gasteiger partial charge in [-0.1, -0.05) is 71.1 Å². The van der Waals surface area contributed by atoms with Gasteiger partial charge in [0, 0.05) is 18.6 Å². The van der Waals surface area contributed by atoms with Crippen LogP contribution in [0.2, 0.25) is 18.1 Å². The third kappa shape index (κ3) is 10.2. The van der Waals surface area contributed by atoms with E-state index in [1.807, 2.05) is 18.2 Å². The SMILES string of the molecule is C=CCc1c(OC)cccc1C(C#CCC[C@H](CCCCC)OC1CCCCO1)O[Si](C)(C)C(C)(C)C. The Balaban J connectivity index is 2.24. The van der Waals surface area contributed by atoms with E-state index in [-0.39, 0.29) is 23.5 Å². The molecule has 37 heavy (non-hydrogen) atoms. The molecule has 0 aliphatic carbocycles. The average molecular weight is 529 g/mol. The summed E-state index contributed by atoms with van der Waals surface area (Å²) in [5.41, 5.74) is 2.19. The number of unbranched alkanes of at least 4 members (excludes halogenated alkanes) is 2. The third-order valence-corrected chi connectivity index (χ3v) is 12.1. The molecule has 0 aromatic heterocycles. The van der Waals surface area contributed by atoms with Crippen LogP contribution in [0.15, 0.2) is 30.9 Å². The quantitative estimate of drug-likeness (QED) is 0.105. The van der Waals surface area contributed by atoms with Crippen molar-refractivity contribution in [2.24, 2.45) is 0 Å². The predicted octanol–water partition coefficient (Wildman–Crippen LogP) is 8.76. The minimum absolute atomic E-state index is 0.0544. The fourth-order valence-corrected chi connectivity index (χ4v) is 5.49. The van der Waals surface area contributed by atoms with Gasteiger partial charge in [0.1, 0.15) is 11.9 Å². The van der Waals surface area contributed by atoms with E-state index < -0.39 is 8.32 Å². The van der Waals surface area contributed by atoms with Crippen molar-refractivity contribution in [3.8, 4) is 17.6 Å². The number of ether oxygens (including phenoxy) is 3. The van der Waals surface area contributed by atoms with Crippen LogP contribution in [0.4, 0.5) is 0 Å². The number of hydrogen-bond donors (Lipinski definition) is 0. The Labute approximate surface area is 228 Å². The number of hydrogen-bond acceptors (Lipinski definition) is 4. The minimum atomic E-state index is -2.07. The highest BCUT2D eigenvalue weighted by atomic mass is 28.4. The third-order valence-electron chi connectivity index (χ3n) is 7.68. The largest absolute Gasteiger partial charge is 0.496 e. The Morgan fingerprint density at radius 1 is 1.19 bits per heavy atom. The first-order valence-corrected chi connectivity index (χ1v) is 17.2. The van der Waals surface area contributed by atoms with Gasteiger partial charge < -0.3 is 18.6 Å². The van der Waals surface area contributed by atoms with Gasteiger partial charge in [0.15, 0.2) is 14.6 Å². The Hall–Kier alpha value is -1.58. The molecule has 208 valence electrons. The number of allylic oxidation sites excluding steroid dienone is 1. The summed E-state index contributed by atoms with van der Waals surface area (Å²) < 4.78 is 24.9. The Bertz CT molecular complexity index is 871. The molecule has 1 aliphatic rings. The molecule has 1 fully saturated rings. The van der Waals surface area contributed by atoms with Crippen molar-refractivity contribution in [2.45, 2.75) is 129 Å². The highest BCUT2D eigenvalue weighted by molar-refractivity contribution is 6.74. The topological polar surface area (TPSA) is 36.9 Å². The lowest BCUT2D eigenvalue weighted by atomic mass is 9.98. The lowest BCUT2D eigenvalue weighted by Gasteiger charge is -2.38. The van der Waals surface area contributed by atoms with Crippen LogP contribution in [0, 0.1) is 11.8 Å². The van der Waals surface area contributed by atoms with Gasteiger partial charge in [0.2, 0.25) is 0 Å². The van der Waals surface area contributed by atoms with Gasteiger partial charge in [-0.05, 0) is 68.3 Å². The Morgan fingerprint density at radius 3 is 2.59 bits per heavy atom. The first-order chi connectivity index (χ1) is 17.6. The smallest absolute Gasteiger partial charge is 0.194 e. The number of benzene rings is 1. The fourth-order valence-electron chi connectivity index (χ4n) is 4.36. The van der Waals surface area contributed by atoms with Crippen LogP contribution in [0.3, 0.4) is 0 Å². The van der Waals surface area contributed by atoms with E-state index in [2.05, 4.69) is 65.3 Å². The summed E-state index contributed by atoms with van der Waals surface area (Å²) >= 11 is 0. The molecule has 1 aromatic rings. The van der Waals surface area contributed by atoms with Crippen LogP contribution in [-0.4, -0.2) is 34.4 Å². The maximum atomic E-state index is 6.91. The summed E-state index contributed by atoms with van der Waals surface area (Å²) in [5, 5.41) is 0.0859. The second-order valence-corrected chi connectivity index (χ2v) is 16.4. The molecule has 1 heterocycles. The van der Waals surface area contributed by atoms with Gasteiger partial charge in [-0.3, -0.25) is 0 Å². The van der Waals surface area contributed by atoms with E-state index in [0.717, 1.165) is 55.6 Å². The highest BCUT2D eigenvalue weighted by Gasteiger charge is 2.39. The van der Waals surface area contributed by atoms with Crippen molar-refractivity contribution in [1.29, 1.82) is 0 Å². The molecule has 1 saturated heterocycles. The highest BCUT2D eigenvalue weighted by Crippen LogP contribution is 2.41. The zero-order chi connectivity index (χ0) is 27.3. The molecule has 3 atom stereocenters. The minimum Gasteiger partial charge on any atom is -0.496 e. The summed E-state index contributed by atoms with van der Waals surface area (Å²) in [6.07, 6.45) is 12.2. The zero-order valence-corrected chi connectivity index (χ0v) is 25.7. The summed E-state index contributed by atoms with van der Waals surface area (Å²) in [6.45, 7) is 18.4. The van der Waals surface area contributed by atoms with E-state index in [4.69, 9.17) is 18.6 Å². The van der Waals surface area contributed by atoms with Crippen molar-refractivity contribution in [3.05, 3.63) is 42.0 Å². The molecule has 0 bridgehead atoms. The average Bonchev–Trinajstić information content (AvgIpc) is 2.86. The summed E-state index contributed by atoms with van der Waals surface area (Å²) in [4.78, 5) is 0. The molecule has 1 aliphatic heterocycles. The summed E-state index contributed by atoms with van der Waals surface area (Å²) in [7, 11) is -0.350. The van der Waals surface area contributed by atoms with Gasteiger partial charge in [0.05, 0.1) is 13.2 Å². The predicted molar refractivity (Wildman–Crippen MR) is 158 cm³/mol. The first kappa shape index (κ1) is 31.6. The second kappa shape index (κ2) is 15.7. The van der Waals surface area contributed by atoms with Gasteiger partial charge >= 0.3 is 0 Å². The Kier molecular flexibility index (Phi) is 13.5. The second-order valence-electron chi connectivity index (χ2n) is 11.7.